The number of carbonyl (C=O) groups excluding carboxylic acids is 2. The first kappa shape index (κ1) is 18.5. The molecular weight excluding hydrogens is 320 g/mol. The molecule has 7 nitrogen and oxygen atoms in total. The lowest BCUT2D eigenvalue weighted by molar-refractivity contribution is -0.116. The molecule has 1 aromatic carbocycles. The second kappa shape index (κ2) is 7.83. The third-order valence-corrected chi connectivity index (χ3v) is 3.27. The number of nitrogens with one attached hydrogen (secondary N) is 1. The predicted octanol–water partition coefficient (Wildman–Crippen LogP) is 3.21. The Bertz CT molecular complexity index is 733. The Hall–Kier alpha value is -2.83. The Morgan fingerprint density at radius 3 is 2.56 bits per heavy atom. The van der Waals surface area contributed by atoms with Crippen molar-refractivity contribution in [2.75, 3.05) is 11.1 Å². The minimum absolute atomic E-state index is 0.0641. The third-order valence-electron chi connectivity index (χ3n) is 3.27. The molecule has 0 saturated heterocycles. The lowest BCUT2D eigenvalue weighted by Crippen LogP contribution is -2.27. The van der Waals surface area contributed by atoms with E-state index in [9.17, 15) is 9.59 Å². The summed E-state index contributed by atoms with van der Waals surface area (Å²) in [4.78, 5) is 28.1. The van der Waals surface area contributed by atoms with Crippen LogP contribution in [0.4, 0.5) is 16.4 Å². The highest BCUT2D eigenvalue weighted by molar-refractivity contribution is 5.90. The second-order valence-electron chi connectivity index (χ2n) is 6.71. The van der Waals surface area contributed by atoms with E-state index >= 15 is 0 Å². The average Bonchev–Trinajstić information content (AvgIpc) is 2.87. The van der Waals surface area contributed by atoms with Crippen LogP contribution in [0.25, 0.3) is 0 Å². The Morgan fingerprint density at radius 1 is 1.24 bits per heavy atom. The number of ether oxygens (including phenoxy) is 1. The summed E-state index contributed by atoms with van der Waals surface area (Å²) < 4.78 is 6.45. The number of anilines is 2. The molecule has 0 radical (unpaired) electrons. The molecule has 0 aliphatic rings. The van der Waals surface area contributed by atoms with Gasteiger partial charge in [-0.15, -0.1) is 0 Å². The van der Waals surface area contributed by atoms with Gasteiger partial charge in [0.05, 0.1) is 5.69 Å². The Balaban J connectivity index is 1.84. The van der Waals surface area contributed by atoms with Crippen molar-refractivity contribution in [3.05, 3.63) is 42.2 Å². The molecule has 25 heavy (non-hydrogen) atoms. The van der Waals surface area contributed by atoms with Gasteiger partial charge in [0.2, 0.25) is 11.9 Å². The van der Waals surface area contributed by atoms with Crippen molar-refractivity contribution < 1.29 is 14.3 Å². The van der Waals surface area contributed by atoms with Gasteiger partial charge >= 0.3 is 6.09 Å². The molecule has 0 unspecified atom stereocenters. The highest BCUT2D eigenvalue weighted by atomic mass is 16.6. The van der Waals surface area contributed by atoms with Crippen LogP contribution >= 0.6 is 0 Å². The number of benzene rings is 1. The van der Waals surface area contributed by atoms with Crippen molar-refractivity contribution in [3.8, 4) is 0 Å². The number of carbonyl (C=O) groups is 2. The first-order chi connectivity index (χ1) is 11.7. The summed E-state index contributed by atoms with van der Waals surface area (Å²) in [7, 11) is 0. The molecule has 0 bridgehead atoms. The molecule has 0 aliphatic heterocycles. The van der Waals surface area contributed by atoms with Crippen molar-refractivity contribution in [1.29, 1.82) is 0 Å². The molecule has 0 fully saturated rings. The minimum Gasteiger partial charge on any atom is -0.443 e. The van der Waals surface area contributed by atoms with Gasteiger partial charge in [0.1, 0.15) is 5.60 Å². The zero-order chi connectivity index (χ0) is 18.4. The van der Waals surface area contributed by atoms with Gasteiger partial charge in [-0.1, -0.05) is 18.2 Å². The number of rotatable bonds is 5. The van der Waals surface area contributed by atoms with Crippen LogP contribution in [0.1, 0.15) is 39.3 Å². The zero-order valence-corrected chi connectivity index (χ0v) is 14.8. The molecule has 1 heterocycles. The second-order valence-corrected chi connectivity index (χ2v) is 6.71. The average molecular weight is 344 g/mol. The fourth-order valence-corrected chi connectivity index (χ4v) is 2.20. The summed E-state index contributed by atoms with van der Waals surface area (Å²) >= 11 is 0. The van der Waals surface area contributed by atoms with E-state index in [2.05, 4.69) is 10.3 Å². The van der Waals surface area contributed by atoms with Crippen molar-refractivity contribution in [2.45, 2.75) is 45.6 Å². The normalized spacial score (nSPS) is 11.2. The lowest BCUT2D eigenvalue weighted by atomic mass is 10.2. The van der Waals surface area contributed by atoms with Crippen molar-refractivity contribution >= 4 is 23.6 Å². The van der Waals surface area contributed by atoms with Crippen molar-refractivity contribution in [2.24, 2.45) is 0 Å². The summed E-state index contributed by atoms with van der Waals surface area (Å²) in [6.07, 6.45) is 2.49. The van der Waals surface area contributed by atoms with Crippen LogP contribution in [0, 0.1) is 0 Å². The highest BCUT2D eigenvalue weighted by Gasteiger charge is 2.20. The highest BCUT2D eigenvalue weighted by Crippen LogP contribution is 2.14. The van der Waals surface area contributed by atoms with E-state index in [-0.39, 0.29) is 11.9 Å². The molecule has 1 aromatic heterocycles. The number of amides is 1. The van der Waals surface area contributed by atoms with Gasteiger partial charge < -0.3 is 15.8 Å². The van der Waals surface area contributed by atoms with Gasteiger partial charge in [0, 0.05) is 18.3 Å². The fraction of sp³-hybridized carbons (Fsp3) is 0.389. The van der Waals surface area contributed by atoms with Crippen LogP contribution in [-0.2, 0) is 16.0 Å². The molecular formula is C18H24N4O3. The number of hydrogen-bond donors (Lipinski definition) is 2. The smallest absolute Gasteiger partial charge is 0.421 e. The number of aromatic nitrogens is 2. The van der Waals surface area contributed by atoms with Gasteiger partial charge in [-0.05, 0) is 45.7 Å². The van der Waals surface area contributed by atoms with Crippen LogP contribution in [0.15, 0.2) is 36.5 Å². The standard InChI is InChI=1S/C18H24N4O3/c1-18(2,3)25-17(24)22-12-14(21-16(22)19)10-7-11-15(23)20-13-8-5-4-6-9-13/h4-6,8-9,12H,7,10-11H2,1-3H3,(H2,19,21)(H,20,23). The Morgan fingerprint density at radius 2 is 1.92 bits per heavy atom. The maximum Gasteiger partial charge on any atom is 0.421 e. The van der Waals surface area contributed by atoms with Gasteiger partial charge in [0.15, 0.2) is 0 Å². The largest absolute Gasteiger partial charge is 0.443 e. The van der Waals surface area contributed by atoms with E-state index in [0.29, 0.717) is 25.0 Å². The van der Waals surface area contributed by atoms with Crippen molar-refractivity contribution in [1.82, 2.24) is 9.55 Å². The van der Waals surface area contributed by atoms with E-state index in [0.717, 1.165) is 5.69 Å². The molecule has 0 atom stereocenters. The van der Waals surface area contributed by atoms with E-state index in [1.54, 1.807) is 27.0 Å². The number of nitrogens with two attached hydrogens (primary N) is 1. The van der Waals surface area contributed by atoms with E-state index in [4.69, 9.17) is 10.5 Å². The molecule has 2 aromatic rings. The molecule has 2 rings (SSSR count). The quantitative estimate of drug-likeness (QED) is 0.867. The third kappa shape index (κ3) is 5.95. The van der Waals surface area contributed by atoms with Crippen LogP contribution in [0.2, 0.25) is 0 Å². The van der Waals surface area contributed by atoms with E-state index in [1.165, 1.54) is 4.57 Å². The zero-order valence-electron chi connectivity index (χ0n) is 14.8. The summed E-state index contributed by atoms with van der Waals surface area (Å²) in [6, 6.07) is 9.28. The van der Waals surface area contributed by atoms with Gasteiger partial charge in [0.25, 0.3) is 0 Å². The lowest BCUT2D eigenvalue weighted by Gasteiger charge is -2.19. The van der Waals surface area contributed by atoms with Gasteiger partial charge in [-0.2, -0.15) is 0 Å². The SMILES string of the molecule is CC(C)(C)OC(=O)n1cc(CCCC(=O)Nc2ccccc2)nc1N. The first-order valence-electron chi connectivity index (χ1n) is 8.16. The summed E-state index contributed by atoms with van der Waals surface area (Å²) in [6.45, 7) is 5.35. The maximum absolute atomic E-state index is 12.0. The molecule has 3 N–H and O–H groups in total. The van der Waals surface area contributed by atoms with Crippen molar-refractivity contribution in [3.63, 3.8) is 0 Å². The predicted molar refractivity (Wildman–Crippen MR) is 96.3 cm³/mol. The number of imidazole rings is 1. The summed E-state index contributed by atoms with van der Waals surface area (Å²) in [5, 5.41) is 2.83. The number of nitrogens with zero attached hydrogens (tertiary/aromatic N) is 2. The van der Waals surface area contributed by atoms with E-state index < -0.39 is 11.7 Å². The molecule has 0 aliphatic carbocycles. The monoisotopic (exact) mass is 344 g/mol. The topological polar surface area (TPSA) is 99.2 Å². The Labute approximate surface area is 147 Å². The minimum atomic E-state index is -0.608. The van der Waals surface area contributed by atoms with Crippen LogP contribution in [0.3, 0.4) is 0 Å². The number of para-hydroxylation sites is 1. The molecule has 1 amide bonds. The summed E-state index contributed by atoms with van der Waals surface area (Å²) in [5.41, 5.74) is 6.58. The molecule has 0 saturated carbocycles. The van der Waals surface area contributed by atoms with Gasteiger partial charge in [-0.3, -0.25) is 4.79 Å². The molecule has 0 spiro atoms. The van der Waals surface area contributed by atoms with Crippen LogP contribution < -0.4 is 11.1 Å². The van der Waals surface area contributed by atoms with Gasteiger partial charge in [-0.25, -0.2) is 14.3 Å². The number of hydrogen-bond acceptors (Lipinski definition) is 5. The Kier molecular flexibility index (Phi) is 5.80. The molecule has 7 heteroatoms. The fourth-order valence-electron chi connectivity index (χ4n) is 2.20. The van der Waals surface area contributed by atoms with Crippen LogP contribution in [-0.4, -0.2) is 27.2 Å². The van der Waals surface area contributed by atoms with E-state index in [1.807, 2.05) is 30.3 Å². The first-order valence-corrected chi connectivity index (χ1v) is 8.16. The summed E-state index contributed by atoms with van der Waals surface area (Å²) in [5.74, 6) is 0.0173. The maximum atomic E-state index is 12.0. The number of nitrogen functional groups attached to an aromatic ring is 1. The van der Waals surface area contributed by atoms with Crippen LogP contribution in [0.5, 0.6) is 0 Å². The molecule has 134 valence electrons. The number of aryl methyl sites for hydroxylation is 1.